The Hall–Kier alpha value is -3.21. The summed E-state index contributed by atoms with van der Waals surface area (Å²) < 4.78 is 5.27. The van der Waals surface area contributed by atoms with Gasteiger partial charge in [0.25, 0.3) is 0 Å². The van der Waals surface area contributed by atoms with E-state index in [4.69, 9.17) is 4.42 Å². The topological polar surface area (TPSA) is 69.2 Å². The second kappa shape index (κ2) is 5.65. The summed E-state index contributed by atoms with van der Waals surface area (Å²) in [6.45, 7) is 3.68. The predicted octanol–water partition coefficient (Wildman–Crippen LogP) is 4.35. The maximum atomic E-state index is 10.8. The Morgan fingerprint density at radius 2 is 2.00 bits per heavy atom. The number of para-hydroxylation sites is 1. The van der Waals surface area contributed by atoms with Crippen LogP contribution in [0.2, 0.25) is 0 Å². The Morgan fingerprint density at radius 3 is 2.73 bits per heavy atom. The lowest BCUT2D eigenvalue weighted by Gasteiger charge is -2.05. The zero-order valence-corrected chi connectivity index (χ0v) is 11.6. The minimum Gasteiger partial charge on any atom is -0.401 e. The second-order valence-electron chi connectivity index (χ2n) is 4.60. The predicted molar refractivity (Wildman–Crippen MR) is 84.4 cm³/mol. The van der Waals surface area contributed by atoms with Crippen LogP contribution < -0.4 is 0 Å². The molecular weight excluding hydrogens is 280 g/mol. The van der Waals surface area contributed by atoms with Crippen LogP contribution >= 0.6 is 0 Å². The van der Waals surface area contributed by atoms with Crippen molar-refractivity contribution in [1.82, 2.24) is 4.98 Å². The number of nitro groups is 1. The summed E-state index contributed by atoms with van der Waals surface area (Å²) >= 11 is 0. The number of fused-ring (bicyclic) bond motifs is 1. The number of hydrogen-bond donors (Lipinski definition) is 0. The number of rotatable bonds is 4. The fourth-order valence-corrected chi connectivity index (χ4v) is 2.20. The number of aromatic nitrogens is 1. The quantitative estimate of drug-likeness (QED) is 0.407. The van der Waals surface area contributed by atoms with E-state index in [0.717, 1.165) is 10.9 Å². The summed E-state index contributed by atoms with van der Waals surface area (Å²) in [6, 6.07) is 14.4. The highest BCUT2D eigenvalue weighted by molar-refractivity contribution is 5.84. The van der Waals surface area contributed by atoms with Gasteiger partial charge in [-0.15, -0.1) is 0 Å². The van der Waals surface area contributed by atoms with Crippen LogP contribution in [0.5, 0.6) is 0 Å². The first-order chi connectivity index (χ1) is 10.7. The third kappa shape index (κ3) is 2.52. The smallest absolute Gasteiger partial charge is 0.401 e. The molecule has 22 heavy (non-hydrogen) atoms. The lowest BCUT2D eigenvalue weighted by atomic mass is 10.1. The van der Waals surface area contributed by atoms with Crippen molar-refractivity contribution in [2.45, 2.75) is 0 Å². The molecule has 0 aliphatic carbocycles. The highest BCUT2D eigenvalue weighted by atomic mass is 16.6. The molecule has 108 valence electrons. The Balaban J connectivity index is 2.11. The van der Waals surface area contributed by atoms with Gasteiger partial charge in [-0.1, -0.05) is 36.9 Å². The van der Waals surface area contributed by atoms with Gasteiger partial charge in [0, 0.05) is 11.0 Å². The summed E-state index contributed by atoms with van der Waals surface area (Å²) in [7, 11) is 0. The lowest BCUT2D eigenvalue weighted by Crippen LogP contribution is -1.91. The van der Waals surface area contributed by atoms with E-state index < -0.39 is 4.92 Å². The third-order valence-electron chi connectivity index (χ3n) is 3.20. The maximum absolute atomic E-state index is 10.8. The van der Waals surface area contributed by atoms with Gasteiger partial charge >= 0.3 is 5.88 Å². The second-order valence-corrected chi connectivity index (χ2v) is 4.60. The number of allylic oxidation sites excluding steroid dienone is 2. The molecule has 2 heterocycles. The minimum absolute atomic E-state index is 0.300. The molecule has 1 aromatic carbocycles. The number of pyridine rings is 1. The standard InChI is InChI=1S/C17H12N2O3/c1-2-5-13(16-10-11-17(22-16)19(20)21)15-9-8-12-6-3-4-7-14(12)18-15/h2-11H,1H2/b13-5-. The van der Waals surface area contributed by atoms with Gasteiger partial charge in [0.1, 0.15) is 10.7 Å². The average molecular weight is 292 g/mol. The molecule has 2 aromatic heterocycles. The summed E-state index contributed by atoms with van der Waals surface area (Å²) in [5.74, 6) is 0.0835. The van der Waals surface area contributed by atoms with Crippen LogP contribution in [0.15, 0.2) is 71.7 Å². The van der Waals surface area contributed by atoms with Gasteiger partial charge in [-0.05, 0) is 24.3 Å². The first kappa shape index (κ1) is 13.8. The molecule has 0 N–H and O–H groups in total. The fourth-order valence-electron chi connectivity index (χ4n) is 2.20. The Morgan fingerprint density at radius 1 is 1.18 bits per heavy atom. The van der Waals surface area contributed by atoms with Gasteiger partial charge in [0.15, 0.2) is 0 Å². The molecule has 3 rings (SSSR count). The SMILES string of the molecule is C=C/C=C(/c1ccc2ccccc2n1)c1ccc([N+](=O)[O-])o1. The van der Waals surface area contributed by atoms with Gasteiger partial charge in [-0.2, -0.15) is 0 Å². The van der Waals surface area contributed by atoms with E-state index in [1.165, 1.54) is 6.07 Å². The molecule has 0 saturated heterocycles. The lowest BCUT2D eigenvalue weighted by molar-refractivity contribution is -0.402. The molecule has 0 aliphatic rings. The van der Waals surface area contributed by atoms with Crippen LogP contribution in [0.3, 0.4) is 0 Å². The van der Waals surface area contributed by atoms with Crippen molar-refractivity contribution in [3.8, 4) is 0 Å². The van der Waals surface area contributed by atoms with Crippen molar-refractivity contribution in [1.29, 1.82) is 0 Å². The molecule has 0 unspecified atom stereocenters. The van der Waals surface area contributed by atoms with Crippen molar-refractivity contribution in [3.63, 3.8) is 0 Å². The van der Waals surface area contributed by atoms with Crippen LogP contribution in [0.4, 0.5) is 5.88 Å². The van der Waals surface area contributed by atoms with Gasteiger partial charge in [0.05, 0.1) is 17.3 Å². The molecule has 0 spiro atoms. The normalized spacial score (nSPS) is 11.5. The summed E-state index contributed by atoms with van der Waals surface area (Å²) in [4.78, 5) is 14.8. The number of nitrogens with zero attached hydrogens (tertiary/aromatic N) is 2. The molecule has 5 nitrogen and oxygen atoms in total. The van der Waals surface area contributed by atoms with Crippen molar-refractivity contribution in [3.05, 3.63) is 88.8 Å². The van der Waals surface area contributed by atoms with E-state index in [9.17, 15) is 10.1 Å². The molecule has 0 atom stereocenters. The molecule has 3 aromatic rings. The molecule has 0 saturated carbocycles. The van der Waals surface area contributed by atoms with Crippen molar-refractivity contribution < 1.29 is 9.34 Å². The van der Waals surface area contributed by atoms with Gasteiger partial charge < -0.3 is 4.42 Å². The molecular formula is C17H12N2O3. The van der Waals surface area contributed by atoms with Crippen LogP contribution in [0.25, 0.3) is 16.5 Å². The van der Waals surface area contributed by atoms with Crippen molar-refractivity contribution in [2.24, 2.45) is 0 Å². The van der Waals surface area contributed by atoms with E-state index in [0.29, 0.717) is 17.0 Å². The van der Waals surface area contributed by atoms with E-state index in [1.807, 2.05) is 36.4 Å². The molecule has 0 radical (unpaired) electrons. The van der Waals surface area contributed by atoms with Crippen LogP contribution in [0, 0.1) is 10.1 Å². The van der Waals surface area contributed by atoms with Crippen LogP contribution in [-0.2, 0) is 0 Å². The number of benzene rings is 1. The molecule has 0 aliphatic heterocycles. The highest BCUT2D eigenvalue weighted by Gasteiger charge is 2.16. The van der Waals surface area contributed by atoms with Crippen LogP contribution in [0.1, 0.15) is 11.5 Å². The minimum atomic E-state index is -0.567. The highest BCUT2D eigenvalue weighted by Crippen LogP contribution is 2.28. The summed E-state index contributed by atoms with van der Waals surface area (Å²) in [5, 5.41) is 11.8. The molecule has 5 heteroatoms. The van der Waals surface area contributed by atoms with E-state index >= 15 is 0 Å². The van der Waals surface area contributed by atoms with E-state index in [2.05, 4.69) is 11.6 Å². The number of hydrogen-bond acceptors (Lipinski definition) is 4. The first-order valence-electron chi connectivity index (χ1n) is 6.62. The van der Waals surface area contributed by atoms with Crippen molar-refractivity contribution in [2.75, 3.05) is 0 Å². The number of furan rings is 1. The van der Waals surface area contributed by atoms with Gasteiger partial charge in [-0.25, -0.2) is 4.98 Å². The zero-order chi connectivity index (χ0) is 15.5. The Bertz CT molecular complexity index is 894. The first-order valence-corrected chi connectivity index (χ1v) is 6.62. The van der Waals surface area contributed by atoms with E-state index in [-0.39, 0.29) is 5.88 Å². The summed E-state index contributed by atoms with van der Waals surface area (Å²) in [5.41, 5.74) is 2.16. The monoisotopic (exact) mass is 292 g/mol. The maximum Gasteiger partial charge on any atom is 0.433 e. The Labute approximate surface area is 126 Å². The molecule has 0 bridgehead atoms. The van der Waals surface area contributed by atoms with Gasteiger partial charge in [-0.3, -0.25) is 10.1 Å². The summed E-state index contributed by atoms with van der Waals surface area (Å²) in [6.07, 6.45) is 3.32. The molecule has 0 amide bonds. The van der Waals surface area contributed by atoms with E-state index in [1.54, 1.807) is 18.2 Å². The molecule has 0 fully saturated rings. The largest absolute Gasteiger partial charge is 0.433 e. The van der Waals surface area contributed by atoms with Gasteiger partial charge in [0.2, 0.25) is 0 Å². The third-order valence-corrected chi connectivity index (χ3v) is 3.20. The fraction of sp³-hybridized carbons (Fsp3) is 0. The average Bonchev–Trinajstić information content (AvgIpc) is 3.02. The Kier molecular flexibility index (Phi) is 3.53. The zero-order valence-electron chi connectivity index (χ0n) is 11.6. The van der Waals surface area contributed by atoms with Crippen LogP contribution in [-0.4, -0.2) is 9.91 Å². The van der Waals surface area contributed by atoms with Crippen molar-refractivity contribution >= 4 is 22.4 Å².